The van der Waals surface area contributed by atoms with Gasteiger partial charge in [-0.2, -0.15) is 0 Å². The third-order valence-electron chi connectivity index (χ3n) is 4.82. The van der Waals surface area contributed by atoms with Gasteiger partial charge in [0.2, 0.25) is 0 Å². The van der Waals surface area contributed by atoms with Crippen LogP contribution in [0.25, 0.3) is 11.0 Å². The molecule has 0 radical (unpaired) electrons. The molecule has 0 unspecified atom stereocenters. The summed E-state index contributed by atoms with van der Waals surface area (Å²) in [7, 11) is 2.15. The van der Waals surface area contributed by atoms with Crippen molar-refractivity contribution < 1.29 is 0 Å². The summed E-state index contributed by atoms with van der Waals surface area (Å²) >= 11 is 0. The summed E-state index contributed by atoms with van der Waals surface area (Å²) in [5, 5.41) is 7.01. The molecule has 6 heteroatoms. The van der Waals surface area contributed by atoms with E-state index < -0.39 is 0 Å². The summed E-state index contributed by atoms with van der Waals surface area (Å²) < 4.78 is 0. The smallest absolute Gasteiger partial charge is 0.172 e. The van der Waals surface area contributed by atoms with Crippen molar-refractivity contribution in [3.63, 3.8) is 0 Å². The van der Waals surface area contributed by atoms with E-state index in [1.165, 1.54) is 25.7 Å². The number of anilines is 2. The minimum atomic E-state index is 0. The number of fused-ring (bicyclic) bond motifs is 1. The average Bonchev–Trinajstić information content (AvgIpc) is 3.39. The van der Waals surface area contributed by atoms with Crippen molar-refractivity contribution in [1.29, 1.82) is 0 Å². The SMILES string of the molecule is CN(CC1CCNCC1)c1nc2ccccc2nc1NC1CC1.Cl. The Morgan fingerprint density at radius 3 is 2.42 bits per heavy atom. The molecule has 1 saturated carbocycles. The van der Waals surface area contributed by atoms with Gasteiger partial charge in [0.05, 0.1) is 11.0 Å². The molecule has 2 N–H and O–H groups in total. The topological polar surface area (TPSA) is 53.1 Å². The average molecular weight is 348 g/mol. The first-order valence-electron chi connectivity index (χ1n) is 8.75. The maximum Gasteiger partial charge on any atom is 0.172 e. The zero-order valence-electron chi connectivity index (χ0n) is 14.2. The van der Waals surface area contributed by atoms with Gasteiger partial charge in [-0.05, 0) is 56.8 Å². The molecular formula is C18H26ClN5. The summed E-state index contributed by atoms with van der Waals surface area (Å²) in [4.78, 5) is 12.0. The van der Waals surface area contributed by atoms with E-state index in [0.717, 1.165) is 48.2 Å². The number of aromatic nitrogens is 2. The lowest BCUT2D eigenvalue weighted by molar-refractivity contribution is 0.377. The van der Waals surface area contributed by atoms with E-state index >= 15 is 0 Å². The number of hydrogen-bond acceptors (Lipinski definition) is 5. The van der Waals surface area contributed by atoms with E-state index in [-0.39, 0.29) is 12.4 Å². The van der Waals surface area contributed by atoms with Gasteiger partial charge in [-0.25, -0.2) is 9.97 Å². The maximum atomic E-state index is 4.91. The number of rotatable bonds is 5. The van der Waals surface area contributed by atoms with Crippen molar-refractivity contribution in [3.8, 4) is 0 Å². The summed E-state index contributed by atoms with van der Waals surface area (Å²) in [6.45, 7) is 3.32. The quantitative estimate of drug-likeness (QED) is 0.870. The summed E-state index contributed by atoms with van der Waals surface area (Å²) in [6, 6.07) is 8.72. The molecule has 1 aromatic carbocycles. The van der Waals surface area contributed by atoms with E-state index in [2.05, 4.69) is 22.6 Å². The van der Waals surface area contributed by atoms with Gasteiger partial charge in [-0.1, -0.05) is 12.1 Å². The molecule has 2 heterocycles. The Bertz CT molecular complexity index is 682. The lowest BCUT2D eigenvalue weighted by atomic mass is 9.98. The number of benzene rings is 1. The Morgan fingerprint density at radius 2 is 1.75 bits per heavy atom. The molecule has 1 aromatic heterocycles. The zero-order chi connectivity index (χ0) is 15.6. The lowest BCUT2D eigenvalue weighted by Gasteiger charge is -2.29. The molecule has 0 amide bonds. The largest absolute Gasteiger partial charge is 0.364 e. The molecule has 4 rings (SSSR count). The molecule has 1 aliphatic carbocycles. The normalized spacial score (nSPS) is 18.2. The van der Waals surface area contributed by atoms with Gasteiger partial charge in [-0.3, -0.25) is 0 Å². The number of piperidine rings is 1. The standard InChI is InChI=1S/C18H25N5.ClH/c1-23(12-13-8-10-19-11-9-13)18-17(20-14-6-7-14)21-15-4-2-3-5-16(15)22-18;/h2-5,13-14,19H,6-12H2,1H3,(H,20,21);1H. The van der Waals surface area contributed by atoms with Crippen LogP contribution in [-0.2, 0) is 0 Å². The lowest BCUT2D eigenvalue weighted by Crippen LogP contribution is -2.35. The van der Waals surface area contributed by atoms with E-state index in [1.54, 1.807) is 0 Å². The van der Waals surface area contributed by atoms with Gasteiger partial charge < -0.3 is 15.5 Å². The Kier molecular flexibility index (Phi) is 5.41. The van der Waals surface area contributed by atoms with Crippen molar-refractivity contribution in [2.45, 2.75) is 31.7 Å². The van der Waals surface area contributed by atoms with Crippen LogP contribution in [0.15, 0.2) is 24.3 Å². The number of nitrogens with one attached hydrogen (secondary N) is 2. The second-order valence-electron chi connectivity index (χ2n) is 6.88. The van der Waals surface area contributed by atoms with E-state index in [0.29, 0.717) is 6.04 Å². The summed E-state index contributed by atoms with van der Waals surface area (Å²) in [5.41, 5.74) is 1.94. The Hall–Kier alpha value is -1.59. The van der Waals surface area contributed by atoms with E-state index in [1.807, 2.05) is 24.3 Å². The molecule has 1 saturated heterocycles. The molecule has 1 aliphatic heterocycles. The second-order valence-corrected chi connectivity index (χ2v) is 6.88. The van der Waals surface area contributed by atoms with Crippen molar-refractivity contribution in [3.05, 3.63) is 24.3 Å². The molecule has 0 spiro atoms. The highest BCUT2D eigenvalue weighted by Crippen LogP contribution is 2.31. The van der Waals surface area contributed by atoms with Crippen LogP contribution in [0.3, 0.4) is 0 Å². The third-order valence-corrected chi connectivity index (χ3v) is 4.82. The van der Waals surface area contributed by atoms with Gasteiger partial charge in [0.15, 0.2) is 11.6 Å². The predicted molar refractivity (Wildman–Crippen MR) is 102 cm³/mol. The third kappa shape index (κ3) is 3.90. The first kappa shape index (κ1) is 17.2. The Morgan fingerprint density at radius 1 is 1.08 bits per heavy atom. The fourth-order valence-electron chi connectivity index (χ4n) is 3.31. The van der Waals surface area contributed by atoms with Gasteiger partial charge in [-0.15, -0.1) is 12.4 Å². The Labute approximate surface area is 149 Å². The summed E-state index contributed by atoms with van der Waals surface area (Å²) in [5.74, 6) is 2.68. The molecule has 0 bridgehead atoms. The van der Waals surface area contributed by atoms with Crippen LogP contribution in [0.2, 0.25) is 0 Å². The minimum Gasteiger partial charge on any atom is -0.364 e. The molecule has 2 aromatic rings. The van der Waals surface area contributed by atoms with Gasteiger partial charge in [0.1, 0.15) is 0 Å². The fourth-order valence-corrected chi connectivity index (χ4v) is 3.31. The number of hydrogen-bond donors (Lipinski definition) is 2. The number of nitrogens with zero attached hydrogens (tertiary/aromatic N) is 3. The highest BCUT2D eigenvalue weighted by molar-refractivity contribution is 5.85. The highest BCUT2D eigenvalue weighted by atomic mass is 35.5. The Balaban J connectivity index is 0.00000169. The maximum absolute atomic E-state index is 4.91. The van der Waals surface area contributed by atoms with Crippen LogP contribution in [0.1, 0.15) is 25.7 Å². The van der Waals surface area contributed by atoms with Gasteiger partial charge in [0, 0.05) is 19.6 Å². The van der Waals surface area contributed by atoms with E-state index in [9.17, 15) is 0 Å². The molecule has 0 atom stereocenters. The molecule has 2 aliphatic rings. The van der Waals surface area contributed by atoms with Crippen LogP contribution in [-0.4, -0.2) is 42.7 Å². The zero-order valence-corrected chi connectivity index (χ0v) is 15.0. The van der Waals surface area contributed by atoms with Gasteiger partial charge in [0.25, 0.3) is 0 Å². The number of para-hydroxylation sites is 2. The highest BCUT2D eigenvalue weighted by Gasteiger charge is 2.25. The van der Waals surface area contributed by atoms with E-state index in [4.69, 9.17) is 9.97 Å². The molecule has 24 heavy (non-hydrogen) atoms. The molecule has 130 valence electrons. The minimum absolute atomic E-state index is 0. The molecule has 5 nitrogen and oxygen atoms in total. The van der Waals surface area contributed by atoms with Crippen molar-refractivity contribution in [2.75, 3.05) is 36.9 Å². The summed E-state index contributed by atoms with van der Waals surface area (Å²) in [6.07, 6.45) is 4.98. The van der Waals surface area contributed by atoms with Crippen LogP contribution in [0.5, 0.6) is 0 Å². The molecular weight excluding hydrogens is 322 g/mol. The first-order chi connectivity index (χ1) is 11.3. The fraction of sp³-hybridized carbons (Fsp3) is 0.556. The van der Waals surface area contributed by atoms with Crippen LogP contribution in [0.4, 0.5) is 11.6 Å². The van der Waals surface area contributed by atoms with Gasteiger partial charge >= 0.3 is 0 Å². The predicted octanol–water partition coefficient (Wildman–Crippen LogP) is 3.06. The van der Waals surface area contributed by atoms with Crippen molar-refractivity contribution >= 4 is 35.1 Å². The first-order valence-corrected chi connectivity index (χ1v) is 8.75. The van der Waals surface area contributed by atoms with Crippen LogP contribution >= 0.6 is 12.4 Å². The monoisotopic (exact) mass is 347 g/mol. The van der Waals surface area contributed by atoms with Crippen LogP contribution < -0.4 is 15.5 Å². The number of halogens is 1. The van der Waals surface area contributed by atoms with Crippen LogP contribution in [0, 0.1) is 5.92 Å². The second kappa shape index (κ2) is 7.53. The van der Waals surface area contributed by atoms with Crippen molar-refractivity contribution in [2.24, 2.45) is 5.92 Å². The van der Waals surface area contributed by atoms with Crippen molar-refractivity contribution in [1.82, 2.24) is 15.3 Å². The molecule has 2 fully saturated rings.